The molecule has 0 aromatic carbocycles. The highest BCUT2D eigenvalue weighted by molar-refractivity contribution is 5.71. The largest absolute Gasteiger partial charge is 0.352 e. The summed E-state index contributed by atoms with van der Waals surface area (Å²) in [5.74, 6) is 0.752. The Labute approximate surface area is 116 Å². The first-order valence-electron chi connectivity index (χ1n) is 7.77. The second-order valence-electron chi connectivity index (χ2n) is 5.86. The number of amides is 2. The summed E-state index contributed by atoms with van der Waals surface area (Å²) >= 11 is 0. The Kier molecular flexibility index (Phi) is 5.92. The maximum atomic E-state index is 10.6. The van der Waals surface area contributed by atoms with E-state index in [2.05, 4.69) is 16.0 Å². The second-order valence-corrected chi connectivity index (χ2v) is 5.86. The summed E-state index contributed by atoms with van der Waals surface area (Å²) in [6.07, 6.45) is 9.29. The SMILES string of the molecule is NC(=O)NCCNC1CCCCC1C1CCCCN1. The first-order valence-corrected chi connectivity index (χ1v) is 7.77. The van der Waals surface area contributed by atoms with Gasteiger partial charge in [0.15, 0.2) is 0 Å². The summed E-state index contributed by atoms with van der Waals surface area (Å²) in [4.78, 5) is 10.6. The molecule has 19 heavy (non-hydrogen) atoms. The van der Waals surface area contributed by atoms with Crippen LogP contribution in [0.25, 0.3) is 0 Å². The van der Waals surface area contributed by atoms with Gasteiger partial charge < -0.3 is 21.7 Å². The van der Waals surface area contributed by atoms with Crippen LogP contribution in [0, 0.1) is 5.92 Å². The molecule has 0 bridgehead atoms. The van der Waals surface area contributed by atoms with E-state index in [-0.39, 0.29) is 0 Å². The van der Waals surface area contributed by atoms with Crippen molar-refractivity contribution < 1.29 is 4.79 Å². The van der Waals surface area contributed by atoms with Crippen molar-refractivity contribution in [2.75, 3.05) is 19.6 Å². The third-order valence-electron chi connectivity index (χ3n) is 4.52. The fraction of sp³-hybridized carbons (Fsp3) is 0.929. The predicted molar refractivity (Wildman–Crippen MR) is 77.0 cm³/mol. The summed E-state index contributed by atoms with van der Waals surface area (Å²) in [7, 11) is 0. The van der Waals surface area contributed by atoms with Gasteiger partial charge in [-0.2, -0.15) is 0 Å². The lowest BCUT2D eigenvalue weighted by atomic mass is 9.77. The third-order valence-corrected chi connectivity index (χ3v) is 4.52. The minimum Gasteiger partial charge on any atom is -0.352 e. The molecule has 1 aliphatic heterocycles. The standard InChI is InChI=1S/C14H28N4O/c15-14(19)18-10-9-17-13-6-2-1-5-11(13)12-7-3-4-8-16-12/h11-13,16-17H,1-10H2,(H3,15,18,19). The monoisotopic (exact) mass is 268 g/mol. The van der Waals surface area contributed by atoms with Crippen LogP contribution in [0.15, 0.2) is 0 Å². The number of primary amides is 1. The highest BCUT2D eigenvalue weighted by Gasteiger charge is 2.31. The number of carbonyl (C=O) groups is 1. The normalized spacial score (nSPS) is 31.9. The maximum Gasteiger partial charge on any atom is 0.312 e. The molecule has 1 saturated heterocycles. The number of urea groups is 1. The van der Waals surface area contributed by atoms with Crippen molar-refractivity contribution in [2.24, 2.45) is 11.7 Å². The van der Waals surface area contributed by atoms with E-state index in [1.165, 1.54) is 51.5 Å². The molecule has 1 aliphatic carbocycles. The average molecular weight is 268 g/mol. The van der Waals surface area contributed by atoms with Crippen LogP contribution in [-0.4, -0.2) is 37.7 Å². The highest BCUT2D eigenvalue weighted by atomic mass is 16.2. The molecule has 5 nitrogen and oxygen atoms in total. The molecule has 2 aliphatic rings. The summed E-state index contributed by atoms with van der Waals surface area (Å²) in [5, 5.41) is 9.95. The zero-order valence-electron chi connectivity index (χ0n) is 11.8. The van der Waals surface area contributed by atoms with Crippen LogP contribution in [0.3, 0.4) is 0 Å². The van der Waals surface area contributed by atoms with Gasteiger partial charge in [-0.1, -0.05) is 19.3 Å². The van der Waals surface area contributed by atoms with Gasteiger partial charge in [0.05, 0.1) is 0 Å². The number of piperidine rings is 1. The van der Waals surface area contributed by atoms with Gasteiger partial charge in [-0.05, 0) is 38.1 Å². The van der Waals surface area contributed by atoms with Gasteiger partial charge in [-0.3, -0.25) is 0 Å². The molecule has 2 amide bonds. The van der Waals surface area contributed by atoms with Crippen LogP contribution in [0.2, 0.25) is 0 Å². The molecular formula is C14H28N4O. The number of hydrogen-bond donors (Lipinski definition) is 4. The summed E-state index contributed by atoms with van der Waals surface area (Å²) < 4.78 is 0. The van der Waals surface area contributed by atoms with Crippen LogP contribution in [0.5, 0.6) is 0 Å². The van der Waals surface area contributed by atoms with Crippen LogP contribution in [0.4, 0.5) is 4.79 Å². The van der Waals surface area contributed by atoms with Crippen molar-refractivity contribution in [3.8, 4) is 0 Å². The summed E-state index contributed by atoms with van der Waals surface area (Å²) in [6.45, 7) is 2.62. The Bertz CT molecular complexity index is 279. The predicted octanol–water partition coefficient (Wildman–Crippen LogP) is 0.945. The van der Waals surface area contributed by atoms with Gasteiger partial charge in [0.25, 0.3) is 0 Å². The Balaban J connectivity index is 1.76. The molecule has 2 rings (SSSR count). The van der Waals surface area contributed by atoms with Crippen molar-refractivity contribution in [2.45, 2.75) is 57.0 Å². The van der Waals surface area contributed by atoms with Crippen LogP contribution >= 0.6 is 0 Å². The third kappa shape index (κ3) is 4.66. The van der Waals surface area contributed by atoms with Crippen molar-refractivity contribution in [3.63, 3.8) is 0 Å². The van der Waals surface area contributed by atoms with Crippen LogP contribution in [-0.2, 0) is 0 Å². The van der Waals surface area contributed by atoms with Gasteiger partial charge >= 0.3 is 6.03 Å². The number of carbonyl (C=O) groups excluding carboxylic acids is 1. The van der Waals surface area contributed by atoms with Crippen molar-refractivity contribution in [1.82, 2.24) is 16.0 Å². The van der Waals surface area contributed by atoms with E-state index in [1.807, 2.05) is 0 Å². The molecular weight excluding hydrogens is 240 g/mol. The fourth-order valence-corrected chi connectivity index (χ4v) is 3.58. The number of nitrogens with two attached hydrogens (primary N) is 1. The molecule has 5 heteroatoms. The van der Waals surface area contributed by atoms with Gasteiger partial charge in [-0.15, -0.1) is 0 Å². The zero-order chi connectivity index (χ0) is 13.5. The Morgan fingerprint density at radius 3 is 2.63 bits per heavy atom. The van der Waals surface area contributed by atoms with Gasteiger partial charge in [-0.25, -0.2) is 4.79 Å². The lowest BCUT2D eigenvalue weighted by Gasteiger charge is -2.40. The molecule has 110 valence electrons. The van der Waals surface area contributed by atoms with E-state index in [9.17, 15) is 4.79 Å². The molecule has 0 spiro atoms. The van der Waals surface area contributed by atoms with Crippen molar-refractivity contribution in [3.05, 3.63) is 0 Å². The first kappa shape index (κ1) is 14.6. The molecule has 0 aromatic heterocycles. The minimum atomic E-state index is -0.434. The Hall–Kier alpha value is -0.810. The number of nitrogens with one attached hydrogen (secondary N) is 3. The van der Waals surface area contributed by atoms with E-state index in [1.54, 1.807) is 0 Å². The molecule has 0 aromatic rings. The van der Waals surface area contributed by atoms with Gasteiger partial charge in [0.2, 0.25) is 0 Å². The Morgan fingerprint density at radius 2 is 1.89 bits per heavy atom. The molecule has 2 fully saturated rings. The number of hydrogen-bond acceptors (Lipinski definition) is 3. The number of rotatable bonds is 5. The van der Waals surface area contributed by atoms with E-state index < -0.39 is 6.03 Å². The van der Waals surface area contributed by atoms with Crippen molar-refractivity contribution in [1.29, 1.82) is 0 Å². The lowest BCUT2D eigenvalue weighted by Crippen LogP contribution is -2.51. The molecule has 3 unspecified atom stereocenters. The van der Waals surface area contributed by atoms with E-state index in [0.29, 0.717) is 18.6 Å². The van der Waals surface area contributed by atoms with E-state index >= 15 is 0 Å². The Morgan fingerprint density at radius 1 is 1.11 bits per heavy atom. The van der Waals surface area contributed by atoms with E-state index in [0.717, 1.165) is 12.5 Å². The molecule has 1 heterocycles. The average Bonchev–Trinajstić information content (AvgIpc) is 2.45. The van der Waals surface area contributed by atoms with Gasteiger partial charge in [0, 0.05) is 25.2 Å². The zero-order valence-corrected chi connectivity index (χ0v) is 11.8. The van der Waals surface area contributed by atoms with Gasteiger partial charge in [0.1, 0.15) is 0 Å². The highest BCUT2D eigenvalue weighted by Crippen LogP contribution is 2.30. The molecule has 5 N–H and O–H groups in total. The van der Waals surface area contributed by atoms with Crippen LogP contribution in [0.1, 0.15) is 44.9 Å². The maximum absolute atomic E-state index is 10.6. The summed E-state index contributed by atoms with van der Waals surface area (Å²) in [6, 6.07) is 0.852. The lowest BCUT2D eigenvalue weighted by molar-refractivity contribution is 0.182. The summed E-state index contributed by atoms with van der Waals surface area (Å²) in [5.41, 5.74) is 5.07. The quantitative estimate of drug-likeness (QED) is 0.560. The molecule has 3 atom stereocenters. The van der Waals surface area contributed by atoms with Crippen molar-refractivity contribution >= 4 is 6.03 Å². The molecule has 0 radical (unpaired) electrons. The first-order chi connectivity index (χ1) is 9.27. The van der Waals surface area contributed by atoms with E-state index in [4.69, 9.17) is 5.73 Å². The smallest absolute Gasteiger partial charge is 0.312 e. The second kappa shape index (κ2) is 7.70. The van der Waals surface area contributed by atoms with Crippen LogP contribution < -0.4 is 21.7 Å². The fourth-order valence-electron chi connectivity index (χ4n) is 3.58. The minimum absolute atomic E-state index is 0.434. The topological polar surface area (TPSA) is 79.2 Å². The molecule has 1 saturated carbocycles.